The van der Waals surface area contributed by atoms with Gasteiger partial charge in [0, 0.05) is 31.5 Å². The van der Waals surface area contributed by atoms with Gasteiger partial charge in [-0.2, -0.15) is 0 Å². The molecule has 5 nitrogen and oxygen atoms in total. The molecule has 2 N–H and O–H groups in total. The number of rotatable bonds is 4. The topological polar surface area (TPSA) is 76.3 Å². The first-order valence-electron chi connectivity index (χ1n) is 6.55. The van der Waals surface area contributed by atoms with E-state index in [0.717, 1.165) is 6.42 Å². The molecule has 1 aliphatic rings. The van der Waals surface area contributed by atoms with Crippen LogP contribution < -0.4 is 5.73 Å². The minimum absolute atomic E-state index is 0.178. The Morgan fingerprint density at radius 3 is 2.80 bits per heavy atom. The van der Waals surface area contributed by atoms with Crippen LogP contribution in [-0.4, -0.2) is 37.8 Å². The normalized spacial score (nSPS) is 21.4. The number of hydrogen-bond donors (Lipinski definition) is 1. The minimum Gasteiger partial charge on any atom is -0.320 e. The van der Waals surface area contributed by atoms with Crippen LogP contribution in [0.15, 0.2) is 23.4 Å². The molecule has 1 heterocycles. The van der Waals surface area contributed by atoms with Crippen molar-refractivity contribution in [3.8, 4) is 11.8 Å². The van der Waals surface area contributed by atoms with Gasteiger partial charge in [-0.15, -0.1) is 0 Å². The van der Waals surface area contributed by atoms with E-state index in [1.165, 1.54) is 22.8 Å². The zero-order valence-corrected chi connectivity index (χ0v) is 12.5. The molecule has 0 aromatic carbocycles. The van der Waals surface area contributed by atoms with E-state index in [2.05, 4.69) is 23.7 Å². The van der Waals surface area contributed by atoms with E-state index < -0.39 is 10.0 Å². The van der Waals surface area contributed by atoms with Crippen molar-refractivity contribution < 1.29 is 8.42 Å². The molecular weight excluding hydrogens is 274 g/mol. The molecule has 2 atom stereocenters. The fourth-order valence-electron chi connectivity index (χ4n) is 2.04. The van der Waals surface area contributed by atoms with Gasteiger partial charge in [0.15, 0.2) is 0 Å². The molecule has 1 saturated carbocycles. The molecule has 0 saturated heterocycles. The second-order valence-electron chi connectivity index (χ2n) is 5.17. The number of nitrogens with zero attached hydrogens (tertiary/aromatic N) is 2. The van der Waals surface area contributed by atoms with Crippen LogP contribution in [0.2, 0.25) is 0 Å². The lowest BCUT2D eigenvalue weighted by molar-refractivity contribution is 0.444. The van der Waals surface area contributed by atoms with Gasteiger partial charge in [0.25, 0.3) is 0 Å². The summed E-state index contributed by atoms with van der Waals surface area (Å²) in [4.78, 5) is 4.12. The standard InChI is InChI=1S/C14H19N3O2S/c1-11-6-13(11)10-17(2)20(18,19)14-7-12(4-3-5-15)8-16-9-14/h7-9,11,13H,5-6,10,15H2,1-2H3. The lowest BCUT2D eigenvalue weighted by Crippen LogP contribution is -2.29. The van der Waals surface area contributed by atoms with Crippen molar-refractivity contribution >= 4 is 10.0 Å². The SMILES string of the molecule is CC1CC1CN(C)S(=O)(=O)c1cncc(C#CCN)c1. The van der Waals surface area contributed by atoms with Gasteiger partial charge in [0.2, 0.25) is 10.0 Å². The maximum Gasteiger partial charge on any atom is 0.244 e. The summed E-state index contributed by atoms with van der Waals surface area (Å²) in [5, 5.41) is 0. The van der Waals surface area contributed by atoms with Gasteiger partial charge in [0.1, 0.15) is 4.90 Å². The minimum atomic E-state index is -3.49. The lowest BCUT2D eigenvalue weighted by Gasteiger charge is -2.16. The van der Waals surface area contributed by atoms with Crippen LogP contribution in [0.25, 0.3) is 0 Å². The van der Waals surface area contributed by atoms with Crippen LogP contribution in [0.3, 0.4) is 0 Å². The summed E-state index contributed by atoms with van der Waals surface area (Å²) in [6, 6.07) is 1.54. The fraction of sp³-hybridized carbons (Fsp3) is 0.500. The van der Waals surface area contributed by atoms with Crippen LogP contribution >= 0.6 is 0 Å². The molecule has 0 bridgehead atoms. The Balaban J connectivity index is 2.20. The van der Waals surface area contributed by atoms with Gasteiger partial charge in [-0.3, -0.25) is 4.98 Å². The first-order chi connectivity index (χ1) is 9.45. The summed E-state index contributed by atoms with van der Waals surface area (Å²) in [6.07, 6.45) is 3.99. The smallest absolute Gasteiger partial charge is 0.244 e. The summed E-state index contributed by atoms with van der Waals surface area (Å²) < 4.78 is 26.3. The Hall–Kier alpha value is -1.42. The number of pyridine rings is 1. The Bertz CT molecular complexity index is 646. The highest BCUT2D eigenvalue weighted by Crippen LogP contribution is 2.38. The predicted octanol–water partition coefficient (Wildman–Crippen LogP) is 0.668. The van der Waals surface area contributed by atoms with E-state index in [1.54, 1.807) is 7.05 Å². The molecule has 20 heavy (non-hydrogen) atoms. The Kier molecular flexibility index (Phi) is 4.43. The quantitative estimate of drug-likeness (QED) is 0.828. The summed E-state index contributed by atoms with van der Waals surface area (Å²) in [7, 11) is -1.88. The van der Waals surface area contributed by atoms with Crippen LogP contribution in [0.4, 0.5) is 0 Å². The van der Waals surface area contributed by atoms with Crippen molar-refractivity contribution in [1.29, 1.82) is 0 Å². The van der Waals surface area contributed by atoms with Crippen molar-refractivity contribution in [3.63, 3.8) is 0 Å². The van der Waals surface area contributed by atoms with Crippen molar-refractivity contribution in [2.75, 3.05) is 20.1 Å². The van der Waals surface area contributed by atoms with Gasteiger partial charge in [-0.05, 0) is 24.3 Å². The van der Waals surface area contributed by atoms with Crippen molar-refractivity contribution in [3.05, 3.63) is 24.0 Å². The Morgan fingerprint density at radius 2 is 2.20 bits per heavy atom. The maximum absolute atomic E-state index is 12.4. The van der Waals surface area contributed by atoms with Crippen molar-refractivity contribution in [2.24, 2.45) is 17.6 Å². The number of nitrogens with two attached hydrogens (primary N) is 1. The van der Waals surface area contributed by atoms with Crippen LogP contribution in [-0.2, 0) is 10.0 Å². The average Bonchev–Trinajstić information content (AvgIpc) is 3.12. The molecular formula is C14H19N3O2S. The molecule has 0 amide bonds. The second kappa shape index (κ2) is 5.92. The van der Waals surface area contributed by atoms with Gasteiger partial charge in [0.05, 0.1) is 6.54 Å². The van der Waals surface area contributed by atoms with Gasteiger partial charge >= 0.3 is 0 Å². The van der Waals surface area contributed by atoms with Gasteiger partial charge in [-0.1, -0.05) is 18.8 Å². The van der Waals surface area contributed by atoms with Gasteiger partial charge in [-0.25, -0.2) is 12.7 Å². The van der Waals surface area contributed by atoms with Crippen LogP contribution in [0.5, 0.6) is 0 Å². The highest BCUT2D eigenvalue weighted by Gasteiger charge is 2.36. The highest BCUT2D eigenvalue weighted by atomic mass is 32.2. The third-order valence-corrected chi connectivity index (χ3v) is 5.31. The molecule has 1 aromatic rings. The predicted molar refractivity (Wildman–Crippen MR) is 77.3 cm³/mol. The molecule has 2 rings (SSSR count). The number of sulfonamides is 1. The van der Waals surface area contributed by atoms with Crippen LogP contribution in [0.1, 0.15) is 18.9 Å². The molecule has 0 spiro atoms. The largest absolute Gasteiger partial charge is 0.320 e. The van der Waals surface area contributed by atoms with E-state index in [-0.39, 0.29) is 11.4 Å². The Morgan fingerprint density at radius 1 is 1.50 bits per heavy atom. The highest BCUT2D eigenvalue weighted by molar-refractivity contribution is 7.89. The van der Waals surface area contributed by atoms with Gasteiger partial charge < -0.3 is 5.73 Å². The summed E-state index contributed by atoms with van der Waals surface area (Å²) in [6.45, 7) is 2.92. The zero-order chi connectivity index (χ0) is 14.8. The summed E-state index contributed by atoms with van der Waals surface area (Å²) in [5.41, 5.74) is 5.86. The van der Waals surface area contributed by atoms with E-state index in [0.29, 0.717) is 23.9 Å². The fourth-order valence-corrected chi connectivity index (χ4v) is 3.26. The lowest BCUT2D eigenvalue weighted by atomic mass is 10.3. The molecule has 1 aliphatic carbocycles. The maximum atomic E-state index is 12.4. The number of hydrogen-bond acceptors (Lipinski definition) is 4. The van der Waals surface area contributed by atoms with E-state index in [1.807, 2.05) is 0 Å². The molecule has 1 aromatic heterocycles. The molecule has 0 aliphatic heterocycles. The first-order valence-corrected chi connectivity index (χ1v) is 7.99. The molecule has 108 valence electrons. The third kappa shape index (κ3) is 3.37. The van der Waals surface area contributed by atoms with E-state index >= 15 is 0 Å². The summed E-state index contributed by atoms with van der Waals surface area (Å²) >= 11 is 0. The average molecular weight is 293 g/mol. The second-order valence-corrected chi connectivity index (χ2v) is 7.22. The van der Waals surface area contributed by atoms with Crippen molar-refractivity contribution in [1.82, 2.24) is 9.29 Å². The third-order valence-electron chi connectivity index (χ3n) is 3.52. The van der Waals surface area contributed by atoms with Crippen molar-refractivity contribution in [2.45, 2.75) is 18.2 Å². The summed E-state index contributed by atoms with van der Waals surface area (Å²) in [5.74, 6) is 6.58. The molecule has 2 unspecified atom stereocenters. The Labute approximate surface area is 120 Å². The molecule has 0 radical (unpaired) electrons. The first kappa shape index (κ1) is 15.0. The van der Waals surface area contributed by atoms with E-state index in [9.17, 15) is 8.42 Å². The zero-order valence-electron chi connectivity index (χ0n) is 11.7. The monoisotopic (exact) mass is 293 g/mol. The van der Waals surface area contributed by atoms with Crippen LogP contribution in [0, 0.1) is 23.7 Å². The number of aromatic nitrogens is 1. The van der Waals surface area contributed by atoms with E-state index in [4.69, 9.17) is 5.73 Å². The molecule has 6 heteroatoms. The molecule has 1 fully saturated rings.